The van der Waals surface area contributed by atoms with E-state index in [1.807, 2.05) is 32.1 Å². The molecule has 6 nitrogen and oxygen atoms in total. The fourth-order valence-corrected chi connectivity index (χ4v) is 3.59. The lowest BCUT2D eigenvalue weighted by Gasteiger charge is -2.22. The van der Waals surface area contributed by atoms with E-state index in [9.17, 15) is 13.2 Å². The number of rotatable bonds is 3. The standard InChI is InChI=1S/C16H20N2O4S/c1-9-5-6-12(16(23(20)21)15(9)22-4)7-10(2)14-11(3)8-13(19)17-18-14/h5-7,11-12H,8H2,1-4H3,(H,17,19). The maximum atomic E-state index is 11.6. The summed E-state index contributed by atoms with van der Waals surface area (Å²) in [5.74, 6) is -0.158. The summed E-state index contributed by atoms with van der Waals surface area (Å²) in [6.07, 6.45) is 5.87. The van der Waals surface area contributed by atoms with Crippen LogP contribution in [0.25, 0.3) is 0 Å². The van der Waals surface area contributed by atoms with Crippen LogP contribution in [0.5, 0.6) is 0 Å². The molecule has 2 rings (SSSR count). The van der Waals surface area contributed by atoms with Gasteiger partial charge in [0.05, 0.1) is 12.8 Å². The number of nitrogens with zero attached hydrogens (tertiary/aromatic N) is 1. The van der Waals surface area contributed by atoms with Gasteiger partial charge in [0.25, 0.3) is 0 Å². The van der Waals surface area contributed by atoms with E-state index in [4.69, 9.17) is 4.74 Å². The predicted octanol–water partition coefficient (Wildman–Crippen LogP) is 1.60. The zero-order chi connectivity index (χ0) is 17.1. The average molecular weight is 336 g/mol. The van der Waals surface area contributed by atoms with Crippen molar-refractivity contribution in [1.29, 1.82) is 0 Å². The van der Waals surface area contributed by atoms with Crippen LogP contribution in [0.3, 0.4) is 0 Å². The van der Waals surface area contributed by atoms with E-state index in [1.165, 1.54) is 7.11 Å². The highest BCUT2D eigenvalue weighted by Gasteiger charge is 2.26. The molecule has 0 saturated carbocycles. The van der Waals surface area contributed by atoms with Gasteiger partial charge in [0, 0.05) is 18.3 Å². The molecule has 0 aromatic rings. The molecule has 2 atom stereocenters. The van der Waals surface area contributed by atoms with Crippen molar-refractivity contribution in [3.63, 3.8) is 0 Å². The second kappa shape index (κ2) is 6.95. The van der Waals surface area contributed by atoms with Gasteiger partial charge in [0.2, 0.25) is 16.2 Å². The lowest BCUT2D eigenvalue weighted by Crippen LogP contribution is -2.32. The number of hydrogen-bond donors (Lipinski definition) is 1. The summed E-state index contributed by atoms with van der Waals surface area (Å²) in [6, 6.07) is 0. The van der Waals surface area contributed by atoms with Crippen LogP contribution in [-0.2, 0) is 19.8 Å². The molecule has 2 unspecified atom stereocenters. The van der Waals surface area contributed by atoms with Crippen molar-refractivity contribution in [1.82, 2.24) is 5.43 Å². The van der Waals surface area contributed by atoms with Gasteiger partial charge in [0.1, 0.15) is 10.6 Å². The highest BCUT2D eigenvalue weighted by Crippen LogP contribution is 2.25. The third kappa shape index (κ3) is 3.61. The summed E-state index contributed by atoms with van der Waals surface area (Å²) >= 11 is 0. The third-order valence-corrected chi connectivity index (χ3v) is 4.73. The number of methoxy groups -OCH3 is 1. The molecule has 2 aliphatic rings. The normalized spacial score (nSPS) is 25.2. The van der Waals surface area contributed by atoms with Crippen LogP contribution in [-0.4, -0.2) is 32.0 Å². The van der Waals surface area contributed by atoms with Crippen molar-refractivity contribution >= 4 is 26.8 Å². The highest BCUT2D eigenvalue weighted by molar-refractivity contribution is 7.73. The summed E-state index contributed by atoms with van der Waals surface area (Å²) in [5.41, 5.74) is 4.84. The van der Waals surface area contributed by atoms with Crippen molar-refractivity contribution in [3.8, 4) is 0 Å². The smallest absolute Gasteiger partial charge is 0.240 e. The Kier molecular flexibility index (Phi) is 5.20. The lowest BCUT2D eigenvalue weighted by molar-refractivity contribution is -0.121. The average Bonchev–Trinajstić information content (AvgIpc) is 2.48. The van der Waals surface area contributed by atoms with E-state index >= 15 is 0 Å². The zero-order valence-electron chi connectivity index (χ0n) is 13.6. The highest BCUT2D eigenvalue weighted by atomic mass is 32.2. The van der Waals surface area contributed by atoms with Gasteiger partial charge >= 0.3 is 0 Å². The van der Waals surface area contributed by atoms with Gasteiger partial charge in [-0.2, -0.15) is 13.5 Å². The number of amides is 1. The van der Waals surface area contributed by atoms with Gasteiger partial charge in [-0.05, 0) is 25.0 Å². The Morgan fingerprint density at radius 2 is 2.17 bits per heavy atom. The van der Waals surface area contributed by atoms with E-state index < -0.39 is 16.2 Å². The monoisotopic (exact) mass is 336 g/mol. The van der Waals surface area contributed by atoms with Crippen molar-refractivity contribution in [2.45, 2.75) is 27.2 Å². The van der Waals surface area contributed by atoms with Crippen LogP contribution in [0.15, 0.2) is 40.2 Å². The molecule has 0 saturated heterocycles. The van der Waals surface area contributed by atoms with E-state index in [0.717, 1.165) is 16.9 Å². The van der Waals surface area contributed by atoms with Gasteiger partial charge < -0.3 is 4.74 Å². The number of hydrazone groups is 1. The molecule has 0 radical (unpaired) electrons. The van der Waals surface area contributed by atoms with Crippen LogP contribution >= 0.6 is 0 Å². The quantitative estimate of drug-likeness (QED) is 0.793. The first kappa shape index (κ1) is 17.2. The number of ether oxygens (including phenoxy) is 1. The van der Waals surface area contributed by atoms with Crippen molar-refractivity contribution in [2.75, 3.05) is 7.11 Å². The molecule has 1 heterocycles. The molecule has 0 bridgehead atoms. The number of allylic oxidation sites excluding steroid dienone is 6. The second-order valence-electron chi connectivity index (χ2n) is 5.69. The van der Waals surface area contributed by atoms with Gasteiger partial charge in [-0.25, -0.2) is 5.43 Å². The fraction of sp³-hybridized carbons (Fsp3) is 0.438. The Morgan fingerprint density at radius 1 is 1.48 bits per heavy atom. The molecule has 23 heavy (non-hydrogen) atoms. The van der Waals surface area contributed by atoms with E-state index in [1.54, 1.807) is 6.92 Å². The molecule has 1 aliphatic carbocycles. The minimum atomic E-state index is -2.39. The predicted molar refractivity (Wildman–Crippen MR) is 89.4 cm³/mol. The lowest BCUT2D eigenvalue weighted by atomic mass is 9.89. The van der Waals surface area contributed by atoms with Crippen LogP contribution in [0.2, 0.25) is 0 Å². The first-order valence-corrected chi connectivity index (χ1v) is 8.37. The van der Waals surface area contributed by atoms with Gasteiger partial charge in [-0.1, -0.05) is 25.2 Å². The molecular weight excluding hydrogens is 316 g/mol. The first-order valence-electron chi connectivity index (χ1n) is 7.30. The fourth-order valence-electron chi connectivity index (χ4n) is 2.82. The zero-order valence-corrected chi connectivity index (χ0v) is 14.4. The molecule has 0 spiro atoms. The van der Waals surface area contributed by atoms with E-state index in [0.29, 0.717) is 12.2 Å². The summed E-state index contributed by atoms with van der Waals surface area (Å²) in [4.78, 5) is 11.5. The molecular formula is C16H20N2O4S. The summed E-state index contributed by atoms with van der Waals surface area (Å²) in [6.45, 7) is 5.59. The van der Waals surface area contributed by atoms with Crippen LogP contribution in [0.4, 0.5) is 0 Å². The van der Waals surface area contributed by atoms with E-state index in [2.05, 4.69) is 10.5 Å². The summed E-state index contributed by atoms with van der Waals surface area (Å²) in [7, 11) is -0.931. The topological polar surface area (TPSA) is 84.8 Å². The minimum Gasteiger partial charge on any atom is -0.495 e. The van der Waals surface area contributed by atoms with Crippen molar-refractivity contribution < 1.29 is 17.9 Å². The molecule has 1 N–H and O–H groups in total. The Labute approximate surface area is 137 Å². The number of carbonyl (C=O) groups excluding carboxylic acids is 1. The Bertz CT molecular complexity index is 777. The van der Waals surface area contributed by atoms with Gasteiger partial charge in [-0.3, -0.25) is 4.79 Å². The molecule has 0 aromatic heterocycles. The maximum Gasteiger partial charge on any atom is 0.240 e. The minimum absolute atomic E-state index is 0.00653. The molecule has 1 amide bonds. The summed E-state index contributed by atoms with van der Waals surface area (Å²) < 4.78 is 28.5. The van der Waals surface area contributed by atoms with Crippen molar-refractivity contribution in [2.24, 2.45) is 16.9 Å². The van der Waals surface area contributed by atoms with Crippen molar-refractivity contribution in [3.05, 3.63) is 35.1 Å². The Balaban J connectivity index is 2.41. The maximum absolute atomic E-state index is 11.6. The van der Waals surface area contributed by atoms with Gasteiger partial charge in [0.15, 0.2) is 0 Å². The SMILES string of the molecule is COC1=C(C)C=CC(C=C(C)C2=NNC(=O)CC2C)C1=S(=O)=O. The molecule has 0 fully saturated rings. The number of nitrogens with one attached hydrogen (secondary N) is 1. The summed E-state index contributed by atoms with van der Waals surface area (Å²) in [5, 5.41) is 4.10. The van der Waals surface area contributed by atoms with Crippen LogP contribution < -0.4 is 5.43 Å². The molecule has 0 aromatic carbocycles. The number of hydrogen-bond acceptors (Lipinski definition) is 5. The third-order valence-electron chi connectivity index (χ3n) is 3.91. The van der Waals surface area contributed by atoms with Crippen LogP contribution in [0.1, 0.15) is 27.2 Å². The van der Waals surface area contributed by atoms with Crippen LogP contribution in [0, 0.1) is 11.8 Å². The van der Waals surface area contributed by atoms with Gasteiger partial charge in [-0.15, -0.1) is 0 Å². The first-order chi connectivity index (χ1) is 10.8. The Morgan fingerprint density at radius 3 is 2.74 bits per heavy atom. The molecule has 124 valence electrons. The molecule has 1 aliphatic heterocycles. The second-order valence-corrected chi connectivity index (χ2v) is 6.60. The largest absolute Gasteiger partial charge is 0.495 e. The number of carbonyl (C=O) groups is 1. The Hall–Kier alpha value is -2.15. The van der Waals surface area contributed by atoms with E-state index in [-0.39, 0.29) is 16.7 Å². The molecule has 7 heteroatoms.